The average Bonchev–Trinajstić information content (AvgIpc) is 2.42. The van der Waals surface area contributed by atoms with Crippen LogP contribution in [-0.4, -0.2) is 39.3 Å². The van der Waals surface area contributed by atoms with Crippen molar-refractivity contribution >= 4 is 108 Å². The van der Waals surface area contributed by atoms with Gasteiger partial charge in [-0.15, -0.1) is 0 Å². The molecule has 0 unspecified atom stereocenters. The molecule has 0 aromatic carbocycles. The van der Waals surface area contributed by atoms with Gasteiger partial charge in [0.1, 0.15) is 6.47 Å². The monoisotopic (exact) mass is 724 g/mol. The summed E-state index contributed by atoms with van der Waals surface area (Å²) in [6.07, 6.45) is 0. The second kappa shape index (κ2) is 8.71. The maximum absolute atomic E-state index is 12.1. The topological polar surface area (TPSA) is 74.6 Å². The van der Waals surface area contributed by atoms with E-state index in [0.29, 0.717) is 10.7 Å². The van der Waals surface area contributed by atoms with E-state index in [1.165, 1.54) is 0 Å². The highest BCUT2D eigenvalue weighted by atomic mass is 79.9. The van der Waals surface area contributed by atoms with Gasteiger partial charge >= 0.3 is 11.9 Å². The van der Waals surface area contributed by atoms with Gasteiger partial charge in [-0.05, 0) is 0 Å². The van der Waals surface area contributed by atoms with E-state index in [9.17, 15) is 19.8 Å². The van der Waals surface area contributed by atoms with Crippen molar-refractivity contribution in [1.82, 2.24) is 0 Å². The van der Waals surface area contributed by atoms with Crippen LogP contribution in [0.3, 0.4) is 0 Å². The van der Waals surface area contributed by atoms with Crippen LogP contribution in [0.5, 0.6) is 0 Å². The summed E-state index contributed by atoms with van der Waals surface area (Å²) in [4.78, 5) is 24.1. The van der Waals surface area contributed by atoms with Crippen LogP contribution in [0.1, 0.15) is 27.7 Å². The molecule has 0 bridgehead atoms. The predicted octanol–water partition coefficient (Wildman–Crippen LogP) is 6.27. The van der Waals surface area contributed by atoms with Gasteiger partial charge < -0.3 is 10.2 Å². The quantitative estimate of drug-likeness (QED) is 0.229. The van der Waals surface area contributed by atoms with Crippen LogP contribution in [0.15, 0.2) is 11.1 Å². The lowest BCUT2D eigenvalue weighted by atomic mass is 9.80. The third kappa shape index (κ3) is 4.88. The Balaban J connectivity index is 7.00. The Morgan fingerprint density at radius 1 is 0.708 bits per heavy atom. The van der Waals surface area contributed by atoms with Gasteiger partial charge in [0, 0.05) is 21.5 Å². The molecule has 0 saturated heterocycles. The molecule has 0 aromatic rings. The number of carboxylic acids is 2. The largest absolute Gasteiger partial charge is 0.478 e. The van der Waals surface area contributed by atoms with Gasteiger partial charge in [0.05, 0.1) is 11.1 Å². The summed E-state index contributed by atoms with van der Waals surface area (Å²) in [5, 5.41) is 20.5. The van der Waals surface area contributed by atoms with Gasteiger partial charge in [0.15, 0.2) is 0 Å². The van der Waals surface area contributed by atoms with E-state index in [1.807, 2.05) is 27.7 Å². The molecule has 0 aliphatic heterocycles. The molecule has 10 heteroatoms. The Bertz CT molecular complexity index is 503. The van der Waals surface area contributed by atoms with Gasteiger partial charge in [0.25, 0.3) is 0 Å². The van der Waals surface area contributed by atoms with Crippen LogP contribution < -0.4 is 0 Å². The Hall–Kier alpha value is 1.56. The van der Waals surface area contributed by atoms with Crippen molar-refractivity contribution in [2.75, 3.05) is 10.7 Å². The minimum atomic E-state index is -1.33. The Labute approximate surface area is 192 Å². The van der Waals surface area contributed by atoms with E-state index < -0.39 is 29.2 Å². The van der Waals surface area contributed by atoms with Crippen LogP contribution in [-0.2, 0) is 9.59 Å². The van der Waals surface area contributed by atoms with Crippen molar-refractivity contribution in [3.63, 3.8) is 0 Å². The maximum atomic E-state index is 12.1. The third-order valence-corrected chi connectivity index (χ3v) is 12.4. The van der Waals surface area contributed by atoms with Crippen molar-refractivity contribution < 1.29 is 19.8 Å². The summed E-state index contributed by atoms with van der Waals surface area (Å²) >= 11 is 20.4. The number of halogens is 6. The second-order valence-corrected chi connectivity index (χ2v) is 14.6. The third-order valence-electron chi connectivity index (χ3n) is 3.67. The van der Waals surface area contributed by atoms with E-state index in [2.05, 4.69) is 95.6 Å². The molecule has 0 amide bonds. The van der Waals surface area contributed by atoms with Crippen molar-refractivity contribution in [3.8, 4) is 0 Å². The molecule has 0 heterocycles. The van der Waals surface area contributed by atoms with Gasteiger partial charge in [0.2, 0.25) is 0 Å². The fraction of sp³-hybridized carbons (Fsp3) is 0.714. The second-order valence-electron chi connectivity index (χ2n) is 6.54. The lowest BCUT2D eigenvalue weighted by molar-refractivity contribution is -0.136. The van der Waals surface area contributed by atoms with Crippen molar-refractivity contribution in [2.24, 2.45) is 10.8 Å². The molecule has 0 saturated carbocycles. The molecular formula is C14H18Br6O4. The molecular weight excluding hydrogens is 712 g/mol. The fourth-order valence-electron chi connectivity index (χ4n) is 1.64. The smallest absolute Gasteiger partial charge is 0.334 e. The summed E-state index contributed by atoms with van der Waals surface area (Å²) in [5.41, 5.74) is -1.89. The first kappa shape index (κ1) is 25.6. The van der Waals surface area contributed by atoms with Crippen LogP contribution in [0.25, 0.3) is 0 Å². The maximum Gasteiger partial charge on any atom is 0.334 e. The molecule has 0 fully saturated rings. The van der Waals surface area contributed by atoms with E-state index in [-0.39, 0.29) is 11.1 Å². The molecule has 2 N–H and O–H groups in total. The van der Waals surface area contributed by atoms with E-state index in [4.69, 9.17) is 0 Å². The Morgan fingerprint density at radius 2 is 0.917 bits per heavy atom. The number of carboxylic acid groups (broad SMARTS) is 2. The number of alkyl halides is 6. The Kier molecular flexibility index (Phi) is 9.28. The van der Waals surface area contributed by atoms with Crippen LogP contribution in [0.2, 0.25) is 0 Å². The SMILES string of the molecule is CC(C)(CBr)C(Br)(Br)C(C(=O)O)=C(C(=O)O)C(Br)(Br)C(C)(C)CBr. The number of hydrogen-bond acceptors (Lipinski definition) is 2. The summed E-state index contributed by atoms with van der Waals surface area (Å²) in [7, 11) is 0. The van der Waals surface area contributed by atoms with Gasteiger partial charge in [-0.1, -0.05) is 123 Å². The standard InChI is InChI=1S/C14H18Br6O4/c1-11(2,5-15)13(17,18)7(9(21)22)8(10(23)24)14(19,20)12(3,4)6-16/h5-6H2,1-4H3,(H,21,22)(H,23,24). The van der Waals surface area contributed by atoms with Crippen LogP contribution in [0, 0.1) is 10.8 Å². The molecule has 140 valence electrons. The van der Waals surface area contributed by atoms with Crippen LogP contribution >= 0.6 is 95.6 Å². The number of rotatable bonds is 8. The summed E-state index contributed by atoms with van der Waals surface area (Å²) in [6.45, 7) is 7.25. The van der Waals surface area contributed by atoms with Gasteiger partial charge in [-0.2, -0.15) is 0 Å². The zero-order valence-corrected chi connectivity index (χ0v) is 22.9. The average molecular weight is 730 g/mol. The molecule has 0 spiro atoms. The fourth-order valence-corrected chi connectivity index (χ4v) is 6.02. The number of aliphatic carboxylic acids is 2. The van der Waals surface area contributed by atoms with E-state index in [1.54, 1.807) is 0 Å². The van der Waals surface area contributed by atoms with E-state index in [0.717, 1.165) is 0 Å². The van der Waals surface area contributed by atoms with Crippen LogP contribution in [0.4, 0.5) is 0 Å². The number of carbonyl (C=O) groups is 2. The molecule has 0 radical (unpaired) electrons. The lowest BCUT2D eigenvalue weighted by Crippen LogP contribution is -2.46. The molecule has 0 aliphatic carbocycles. The first-order valence-corrected chi connectivity index (χ1v) is 12.0. The zero-order valence-electron chi connectivity index (χ0n) is 13.4. The highest BCUT2D eigenvalue weighted by molar-refractivity contribution is 9.26. The molecule has 0 aromatic heterocycles. The summed E-state index contributed by atoms with van der Waals surface area (Å²) in [6, 6.07) is 0. The van der Waals surface area contributed by atoms with Crippen molar-refractivity contribution in [2.45, 2.75) is 34.2 Å². The lowest BCUT2D eigenvalue weighted by Gasteiger charge is -2.42. The Morgan fingerprint density at radius 3 is 1.04 bits per heavy atom. The van der Waals surface area contributed by atoms with Crippen molar-refractivity contribution in [3.05, 3.63) is 11.1 Å². The predicted molar refractivity (Wildman–Crippen MR) is 119 cm³/mol. The number of hydrogen-bond donors (Lipinski definition) is 2. The van der Waals surface area contributed by atoms with Gasteiger partial charge in [-0.25, -0.2) is 9.59 Å². The molecule has 0 atom stereocenters. The first-order chi connectivity index (χ1) is 10.5. The minimum absolute atomic E-state index is 0.290. The van der Waals surface area contributed by atoms with Crippen molar-refractivity contribution in [1.29, 1.82) is 0 Å². The molecule has 0 rings (SSSR count). The zero-order chi connectivity index (χ0) is 19.7. The van der Waals surface area contributed by atoms with Gasteiger partial charge in [-0.3, -0.25) is 0 Å². The molecule has 4 nitrogen and oxygen atoms in total. The minimum Gasteiger partial charge on any atom is -0.478 e. The first-order valence-electron chi connectivity index (χ1n) is 6.60. The molecule has 0 aliphatic rings. The summed E-state index contributed by atoms with van der Waals surface area (Å²) in [5.74, 6) is -2.66. The summed E-state index contributed by atoms with van der Waals surface area (Å²) < 4.78 is -2.57. The highest BCUT2D eigenvalue weighted by Gasteiger charge is 2.55. The highest BCUT2D eigenvalue weighted by Crippen LogP contribution is 2.57. The van der Waals surface area contributed by atoms with E-state index >= 15 is 0 Å². The molecule has 24 heavy (non-hydrogen) atoms. The normalized spacial score (nSPS) is 15.1.